The monoisotopic (exact) mass is 652 g/mol. The third-order valence-electron chi connectivity index (χ3n) is 9.66. The number of ether oxygens (including phenoxy) is 1. The van der Waals surface area contributed by atoms with Gasteiger partial charge in [-0.2, -0.15) is 18.4 Å². The van der Waals surface area contributed by atoms with E-state index >= 15 is 0 Å². The number of carbonyl (C=O) groups is 2. The van der Waals surface area contributed by atoms with Crippen molar-refractivity contribution in [3.05, 3.63) is 86.5 Å². The normalized spacial score (nSPS) is 21.7. The standard InChI is InChI=1S/C32H33F3N6O3.CH2O2/c1-20-27(29(42)44-2)28(40-30(37-38-31(40)43)39(20)25-7-3-6-24(18-25)32(33,34)35)26-9-8-22(19-36)17-23(26)5-4-13-41-14-10-21(11-15-41)12-16-41;2-1-3/h3,6-9,17-18,21,28H,4-5,10-16H2,1-2H3;1H,(H,2,3). The number of carboxylic acid groups (broad SMARTS) is 1. The number of quaternary nitrogens is 1. The average Bonchev–Trinajstić information content (AvgIpc) is 3.45. The molecule has 14 heteroatoms. The first-order chi connectivity index (χ1) is 22.5. The number of nitrogens with one attached hydrogen (secondary N) is 1. The number of nitrogens with zero attached hydrogens (tertiary/aromatic N) is 5. The van der Waals surface area contributed by atoms with E-state index in [0.29, 0.717) is 17.5 Å². The van der Waals surface area contributed by atoms with Crippen LogP contribution in [-0.4, -0.2) is 65.0 Å². The molecule has 7 rings (SSSR count). The Balaban J connectivity index is 0.00000139. The number of esters is 1. The lowest BCUT2D eigenvalue weighted by Gasteiger charge is -2.49. The van der Waals surface area contributed by atoms with Crippen molar-refractivity contribution in [2.45, 2.75) is 51.2 Å². The molecule has 3 saturated heterocycles. The zero-order valence-corrected chi connectivity index (χ0v) is 26.0. The van der Waals surface area contributed by atoms with Crippen LogP contribution in [0, 0.1) is 17.2 Å². The zero-order valence-electron chi connectivity index (χ0n) is 26.0. The summed E-state index contributed by atoms with van der Waals surface area (Å²) in [5.74, 6) is 0.160. The molecule has 3 fully saturated rings. The Labute approximate surface area is 269 Å². The second-order valence-electron chi connectivity index (χ2n) is 12.2. The van der Waals surface area contributed by atoms with Crippen LogP contribution in [-0.2, 0) is 26.9 Å². The van der Waals surface area contributed by atoms with Crippen molar-refractivity contribution in [3.63, 3.8) is 0 Å². The van der Waals surface area contributed by atoms with Crippen LogP contribution in [0.25, 0.3) is 0 Å². The fraction of sp³-hybridized carbons (Fsp3) is 0.424. The lowest BCUT2D eigenvalue weighted by Crippen LogP contribution is -2.58. The number of allylic oxidation sites excluding steroid dienone is 1. The molecule has 2 bridgehead atoms. The smallest absolute Gasteiger partial charge is 0.416 e. The Bertz CT molecular complexity index is 1770. The SMILES string of the molecule is COC(=O)C1=C(C)N(c2cccc(C(F)(F)F)c2)c2n[nH]c(=O)n2C1c1ccc(C#N)cc1CCC[N+]12CCC(CC1)CC2.O=C[O-]. The molecule has 0 spiro atoms. The molecule has 2 aromatic carbocycles. The van der Waals surface area contributed by atoms with Gasteiger partial charge in [0.25, 0.3) is 0 Å². The number of benzene rings is 2. The molecular formula is C33H35F3N6O5. The molecule has 3 aromatic rings. The minimum Gasteiger partial charge on any atom is -0.554 e. The number of aryl methyl sites for hydroxylation is 1. The zero-order chi connectivity index (χ0) is 33.9. The van der Waals surface area contributed by atoms with E-state index in [1.165, 1.54) is 67.6 Å². The van der Waals surface area contributed by atoms with Crippen molar-refractivity contribution in [3.8, 4) is 6.07 Å². The van der Waals surface area contributed by atoms with E-state index < -0.39 is 35.9 Å². The van der Waals surface area contributed by atoms with E-state index in [2.05, 4.69) is 16.3 Å². The van der Waals surface area contributed by atoms with Gasteiger partial charge in [-0.15, -0.1) is 5.10 Å². The summed E-state index contributed by atoms with van der Waals surface area (Å²) in [5, 5.41) is 24.6. The van der Waals surface area contributed by atoms with Crippen LogP contribution < -0.4 is 15.7 Å². The van der Waals surface area contributed by atoms with Gasteiger partial charge < -0.3 is 19.1 Å². The highest BCUT2D eigenvalue weighted by molar-refractivity contribution is 5.93. The molecule has 47 heavy (non-hydrogen) atoms. The molecule has 5 heterocycles. The number of methoxy groups -OCH3 is 1. The molecule has 1 aromatic heterocycles. The molecule has 0 radical (unpaired) electrons. The van der Waals surface area contributed by atoms with Gasteiger partial charge in [0.1, 0.15) is 6.04 Å². The van der Waals surface area contributed by atoms with E-state index in [1.54, 1.807) is 25.1 Å². The number of piperidine rings is 3. The number of hydrogen-bond acceptors (Lipinski definition) is 8. The summed E-state index contributed by atoms with van der Waals surface area (Å²) in [6.45, 7) is 5.66. The molecular weight excluding hydrogens is 617 g/mol. The third kappa shape index (κ3) is 6.53. The molecule has 4 aliphatic heterocycles. The Morgan fingerprint density at radius 2 is 1.87 bits per heavy atom. The van der Waals surface area contributed by atoms with Crippen molar-refractivity contribution >= 4 is 24.1 Å². The highest BCUT2D eigenvalue weighted by atomic mass is 19.4. The Morgan fingerprint density at radius 3 is 2.49 bits per heavy atom. The topological polar surface area (TPSA) is 144 Å². The largest absolute Gasteiger partial charge is 0.554 e. The summed E-state index contributed by atoms with van der Waals surface area (Å²) in [6, 6.07) is 11.0. The van der Waals surface area contributed by atoms with E-state index in [1.807, 2.05) is 0 Å². The molecule has 0 aliphatic carbocycles. The first-order valence-corrected chi connectivity index (χ1v) is 15.3. The second-order valence-corrected chi connectivity index (χ2v) is 12.2. The number of H-pyrrole nitrogens is 1. The van der Waals surface area contributed by atoms with Crippen LogP contribution in [0.3, 0.4) is 0 Å². The number of nitriles is 1. The lowest BCUT2D eigenvalue weighted by atomic mass is 9.85. The molecule has 1 N–H and O–H groups in total. The molecule has 1 atom stereocenters. The van der Waals surface area contributed by atoms with Gasteiger partial charge in [-0.1, -0.05) is 12.1 Å². The minimum atomic E-state index is -4.60. The predicted molar refractivity (Wildman–Crippen MR) is 162 cm³/mol. The van der Waals surface area contributed by atoms with Crippen molar-refractivity contribution in [2.75, 3.05) is 38.2 Å². The van der Waals surface area contributed by atoms with Crippen LogP contribution in [0.15, 0.2) is 58.5 Å². The van der Waals surface area contributed by atoms with E-state index in [4.69, 9.17) is 14.6 Å². The van der Waals surface area contributed by atoms with Crippen LogP contribution in [0.5, 0.6) is 0 Å². The number of anilines is 2. The molecule has 248 valence electrons. The minimum absolute atomic E-state index is 0.0364. The van der Waals surface area contributed by atoms with Gasteiger partial charge >= 0.3 is 17.8 Å². The summed E-state index contributed by atoms with van der Waals surface area (Å²) in [4.78, 5) is 36.4. The second kappa shape index (κ2) is 13.4. The molecule has 4 aliphatic rings. The van der Waals surface area contributed by atoms with Crippen LogP contribution in [0.4, 0.5) is 24.8 Å². The van der Waals surface area contributed by atoms with Crippen molar-refractivity contribution < 1.29 is 37.1 Å². The van der Waals surface area contributed by atoms with Crippen LogP contribution in [0.1, 0.15) is 60.9 Å². The fourth-order valence-electron chi connectivity index (χ4n) is 7.32. The van der Waals surface area contributed by atoms with Crippen molar-refractivity contribution in [1.29, 1.82) is 5.26 Å². The van der Waals surface area contributed by atoms with Crippen molar-refractivity contribution in [1.82, 2.24) is 14.8 Å². The summed E-state index contributed by atoms with van der Waals surface area (Å²) in [7, 11) is 1.22. The van der Waals surface area contributed by atoms with Gasteiger partial charge in [0.15, 0.2) is 0 Å². The van der Waals surface area contributed by atoms with E-state index in [0.717, 1.165) is 41.1 Å². The van der Waals surface area contributed by atoms with Gasteiger partial charge in [0.2, 0.25) is 5.95 Å². The fourth-order valence-corrected chi connectivity index (χ4v) is 7.32. The molecule has 0 amide bonds. The summed E-state index contributed by atoms with van der Waals surface area (Å²) < 4.78 is 48.5. The number of aromatic amines is 1. The summed E-state index contributed by atoms with van der Waals surface area (Å²) in [6.07, 6.45) is 0.667. The quantitative estimate of drug-likeness (QED) is 0.232. The third-order valence-corrected chi connectivity index (χ3v) is 9.66. The Morgan fingerprint density at radius 1 is 1.19 bits per heavy atom. The highest BCUT2D eigenvalue weighted by Crippen LogP contribution is 2.44. The Kier molecular flexibility index (Phi) is 9.58. The number of halogens is 3. The Hall–Kier alpha value is -4.90. The van der Waals surface area contributed by atoms with E-state index in [-0.39, 0.29) is 22.9 Å². The number of alkyl halides is 3. The molecule has 0 saturated carbocycles. The first-order valence-electron chi connectivity index (χ1n) is 15.3. The average molecular weight is 653 g/mol. The maximum atomic E-state index is 13.6. The van der Waals surface area contributed by atoms with Gasteiger partial charge in [-0.25, -0.2) is 19.3 Å². The number of aromatic nitrogens is 3. The number of carbonyl (C=O) groups excluding carboxylic acids is 2. The maximum absolute atomic E-state index is 13.6. The lowest BCUT2D eigenvalue weighted by molar-refractivity contribution is -0.942. The first kappa shape index (κ1) is 33.5. The number of hydrogen-bond donors (Lipinski definition) is 1. The van der Waals surface area contributed by atoms with Crippen LogP contribution in [0.2, 0.25) is 0 Å². The van der Waals surface area contributed by atoms with E-state index in [9.17, 15) is 28.0 Å². The van der Waals surface area contributed by atoms with Crippen LogP contribution >= 0.6 is 0 Å². The van der Waals surface area contributed by atoms with Gasteiger partial charge in [-0.3, -0.25) is 4.90 Å². The van der Waals surface area contributed by atoms with Gasteiger partial charge in [0, 0.05) is 24.3 Å². The van der Waals surface area contributed by atoms with Gasteiger partial charge in [-0.05, 0) is 80.0 Å². The number of rotatable bonds is 7. The highest BCUT2D eigenvalue weighted by Gasteiger charge is 2.42. The van der Waals surface area contributed by atoms with Gasteiger partial charge in [0.05, 0.1) is 56.1 Å². The van der Waals surface area contributed by atoms with Crippen molar-refractivity contribution in [2.24, 2.45) is 5.92 Å². The summed E-state index contributed by atoms with van der Waals surface area (Å²) >= 11 is 0. The summed E-state index contributed by atoms with van der Waals surface area (Å²) in [5.41, 5.74) is 0.833. The predicted octanol–water partition coefficient (Wildman–Crippen LogP) is 3.58. The molecule has 11 nitrogen and oxygen atoms in total. The number of fused-ring (bicyclic) bond motifs is 4. The molecule has 1 unspecified atom stereocenters. The maximum Gasteiger partial charge on any atom is 0.416 e.